The van der Waals surface area contributed by atoms with Crippen LogP contribution in [0.2, 0.25) is 0 Å². The van der Waals surface area contributed by atoms with Crippen LogP contribution in [0, 0.1) is 0 Å². The number of hydrogen-bond acceptors (Lipinski definition) is 5. The third-order valence-electron chi connectivity index (χ3n) is 4.86. The predicted molar refractivity (Wildman–Crippen MR) is 109 cm³/mol. The summed E-state index contributed by atoms with van der Waals surface area (Å²) < 4.78 is 35.3. The molecule has 0 radical (unpaired) electrons. The molecule has 0 amide bonds. The zero-order valence-corrected chi connectivity index (χ0v) is 16.1. The number of carbonyl (C=O) groups is 1. The van der Waals surface area contributed by atoms with Gasteiger partial charge in [-0.25, -0.2) is 0 Å². The second-order valence-corrected chi connectivity index (χ2v) is 8.04. The van der Waals surface area contributed by atoms with Crippen molar-refractivity contribution in [3.05, 3.63) is 95.6 Å². The minimum atomic E-state index is -4.74. The quantitative estimate of drug-likeness (QED) is 0.460. The molecule has 0 saturated heterocycles. The van der Waals surface area contributed by atoms with Crippen LogP contribution in [0.5, 0.6) is 0 Å². The van der Waals surface area contributed by atoms with Crippen LogP contribution in [0.3, 0.4) is 0 Å². The first kappa shape index (κ1) is 19.0. The van der Waals surface area contributed by atoms with Gasteiger partial charge in [0.2, 0.25) is 0 Å². The Labute approximate surface area is 168 Å². The number of anilines is 1. The van der Waals surface area contributed by atoms with Crippen molar-refractivity contribution in [3.8, 4) is 0 Å². The van der Waals surface area contributed by atoms with Crippen LogP contribution in [0.1, 0.15) is 33.9 Å². The Hall–Kier alpha value is -3.32. The largest absolute Gasteiger partial charge is 0.332 e. The molecule has 0 fully saturated rings. The molecule has 3 aromatic carbocycles. The maximum Gasteiger partial charge on any atom is 0.332 e. The Balaban J connectivity index is 1.72. The molecule has 1 unspecified atom stereocenters. The zero-order chi connectivity index (χ0) is 20.4. The van der Waals surface area contributed by atoms with Gasteiger partial charge in [-0.2, -0.15) is 13.5 Å². The zero-order valence-electron chi connectivity index (χ0n) is 15.3. The molecule has 0 spiro atoms. The van der Waals surface area contributed by atoms with E-state index in [4.69, 9.17) is 5.10 Å². The van der Waals surface area contributed by atoms with Gasteiger partial charge in [-0.05, 0) is 47.5 Å². The maximum absolute atomic E-state index is 13.2. The normalized spacial score (nSPS) is 16.5. The third kappa shape index (κ3) is 3.95. The van der Waals surface area contributed by atoms with Crippen LogP contribution < -0.4 is 5.01 Å². The van der Waals surface area contributed by atoms with Gasteiger partial charge in [0, 0.05) is 12.0 Å². The summed E-state index contributed by atoms with van der Waals surface area (Å²) in [5, 5.41) is 6.64. The van der Waals surface area contributed by atoms with Crippen molar-refractivity contribution in [2.75, 3.05) is 5.01 Å². The summed E-state index contributed by atoms with van der Waals surface area (Å²) in [6, 6.07) is 22.6. The van der Waals surface area contributed by atoms with Crippen LogP contribution in [0.15, 0.2) is 88.9 Å². The lowest BCUT2D eigenvalue weighted by Gasteiger charge is -2.24. The van der Waals surface area contributed by atoms with Gasteiger partial charge in [-0.3, -0.25) is 9.80 Å². The van der Waals surface area contributed by atoms with Crippen LogP contribution >= 0.6 is 0 Å². The SMILES string of the molecule is O=Cc1ccc(N2N=C(c3ccc(S(=O)(=O)F)cc3)CC2c2ccccc2)cc1. The van der Waals surface area contributed by atoms with Crippen molar-refractivity contribution >= 4 is 27.9 Å². The van der Waals surface area contributed by atoms with Gasteiger partial charge in [-0.15, -0.1) is 3.89 Å². The molecular weight excluding hydrogens is 391 g/mol. The van der Waals surface area contributed by atoms with E-state index in [-0.39, 0.29) is 10.9 Å². The monoisotopic (exact) mass is 408 g/mol. The van der Waals surface area contributed by atoms with Crippen molar-refractivity contribution in [3.63, 3.8) is 0 Å². The Bertz CT molecular complexity index is 1160. The Morgan fingerprint density at radius 2 is 1.59 bits per heavy atom. The van der Waals surface area contributed by atoms with Crippen molar-refractivity contribution in [1.82, 2.24) is 0 Å². The number of rotatable bonds is 5. The molecule has 1 aliphatic heterocycles. The van der Waals surface area contributed by atoms with Crippen molar-refractivity contribution < 1.29 is 17.1 Å². The van der Waals surface area contributed by atoms with E-state index in [1.165, 1.54) is 12.1 Å². The maximum atomic E-state index is 13.2. The second kappa shape index (κ2) is 7.60. The van der Waals surface area contributed by atoms with Gasteiger partial charge >= 0.3 is 10.2 Å². The fourth-order valence-electron chi connectivity index (χ4n) is 3.37. The van der Waals surface area contributed by atoms with Crippen LogP contribution in [-0.4, -0.2) is 20.4 Å². The highest BCUT2D eigenvalue weighted by molar-refractivity contribution is 7.86. The highest BCUT2D eigenvalue weighted by Gasteiger charge is 2.30. The number of aldehydes is 1. The first-order valence-corrected chi connectivity index (χ1v) is 10.4. The number of hydrogen-bond donors (Lipinski definition) is 0. The summed E-state index contributed by atoms with van der Waals surface area (Å²) in [5.41, 5.74) is 3.99. The van der Waals surface area contributed by atoms with E-state index in [1.54, 1.807) is 24.3 Å². The lowest BCUT2D eigenvalue weighted by Crippen LogP contribution is -2.18. The van der Waals surface area contributed by atoms with Gasteiger partial charge in [-0.1, -0.05) is 42.5 Å². The lowest BCUT2D eigenvalue weighted by molar-refractivity contribution is 0.112. The summed E-state index contributed by atoms with van der Waals surface area (Å²) in [6.07, 6.45) is 1.39. The number of carbonyl (C=O) groups excluding carboxylic acids is 1. The Morgan fingerprint density at radius 3 is 2.17 bits per heavy atom. The van der Waals surface area contributed by atoms with E-state index in [0.29, 0.717) is 12.0 Å². The van der Waals surface area contributed by atoms with Gasteiger partial charge in [0.25, 0.3) is 0 Å². The van der Waals surface area contributed by atoms with Crippen molar-refractivity contribution in [1.29, 1.82) is 0 Å². The predicted octanol–water partition coefficient (Wildman–Crippen LogP) is 4.51. The average molecular weight is 408 g/mol. The second-order valence-electron chi connectivity index (χ2n) is 6.69. The molecule has 1 aliphatic rings. The van der Waals surface area contributed by atoms with Gasteiger partial charge in [0.05, 0.1) is 22.3 Å². The molecule has 0 bridgehead atoms. The van der Waals surface area contributed by atoms with E-state index in [2.05, 4.69) is 0 Å². The fraction of sp³-hybridized carbons (Fsp3) is 0.0909. The molecule has 5 nitrogen and oxygen atoms in total. The summed E-state index contributed by atoms with van der Waals surface area (Å²) in [4.78, 5) is 10.6. The standard InChI is InChI=1S/C22H17FN2O3S/c23-29(27,28)20-12-8-17(9-13-20)21-14-22(18-4-2-1-3-5-18)25(24-21)19-10-6-16(15-26)7-11-19/h1-13,15,22H,14H2. The van der Waals surface area contributed by atoms with Gasteiger partial charge in [0.1, 0.15) is 6.29 Å². The number of halogens is 1. The van der Waals surface area contributed by atoms with Crippen LogP contribution in [-0.2, 0) is 10.2 Å². The molecule has 4 rings (SSSR count). The lowest BCUT2D eigenvalue weighted by atomic mass is 9.98. The molecule has 7 heteroatoms. The van der Waals surface area contributed by atoms with E-state index in [1.807, 2.05) is 47.5 Å². The van der Waals surface area contributed by atoms with Gasteiger partial charge in [0.15, 0.2) is 0 Å². The number of nitrogens with zero attached hydrogens (tertiary/aromatic N) is 2. The van der Waals surface area contributed by atoms with E-state index < -0.39 is 10.2 Å². The van der Waals surface area contributed by atoms with Crippen LogP contribution in [0.25, 0.3) is 0 Å². The van der Waals surface area contributed by atoms with Crippen LogP contribution in [0.4, 0.5) is 9.57 Å². The number of hydrazone groups is 1. The Kier molecular flexibility index (Phi) is 4.98. The molecule has 1 atom stereocenters. The summed E-state index contributed by atoms with van der Waals surface area (Å²) >= 11 is 0. The highest BCUT2D eigenvalue weighted by Crippen LogP contribution is 2.36. The smallest absolute Gasteiger partial charge is 0.298 e. The fourth-order valence-corrected chi connectivity index (χ4v) is 3.83. The molecule has 29 heavy (non-hydrogen) atoms. The summed E-state index contributed by atoms with van der Waals surface area (Å²) in [7, 11) is -4.74. The number of benzene rings is 3. The van der Waals surface area contributed by atoms with Crippen molar-refractivity contribution in [2.24, 2.45) is 5.10 Å². The Morgan fingerprint density at radius 1 is 0.931 bits per heavy atom. The van der Waals surface area contributed by atoms with Crippen molar-refractivity contribution in [2.45, 2.75) is 17.4 Å². The molecule has 0 aliphatic carbocycles. The van der Waals surface area contributed by atoms with E-state index >= 15 is 0 Å². The molecule has 3 aromatic rings. The van der Waals surface area contributed by atoms with E-state index in [9.17, 15) is 17.1 Å². The first-order valence-electron chi connectivity index (χ1n) is 8.98. The topological polar surface area (TPSA) is 66.8 Å². The third-order valence-corrected chi connectivity index (χ3v) is 5.69. The summed E-state index contributed by atoms with van der Waals surface area (Å²) in [6.45, 7) is 0. The van der Waals surface area contributed by atoms with E-state index in [0.717, 1.165) is 28.8 Å². The molecule has 1 heterocycles. The first-order chi connectivity index (χ1) is 14.0. The molecule has 146 valence electrons. The average Bonchev–Trinajstić information content (AvgIpc) is 3.19. The van der Waals surface area contributed by atoms with Gasteiger partial charge < -0.3 is 0 Å². The minimum absolute atomic E-state index is 0.0575. The molecule has 0 saturated carbocycles. The molecule has 0 aromatic heterocycles. The molecule has 0 N–H and O–H groups in total. The molecular formula is C22H17FN2O3S. The highest BCUT2D eigenvalue weighted by atomic mass is 32.3. The minimum Gasteiger partial charge on any atom is -0.298 e. The summed E-state index contributed by atoms with van der Waals surface area (Å²) in [5.74, 6) is 0.